The molecule has 0 amide bonds. The summed E-state index contributed by atoms with van der Waals surface area (Å²) in [4.78, 5) is 35.3. The monoisotopic (exact) mass is 387 g/mol. The maximum atomic E-state index is 12.4. The maximum absolute atomic E-state index is 12.4. The highest BCUT2D eigenvalue weighted by Crippen LogP contribution is 2.29. The van der Waals surface area contributed by atoms with Gasteiger partial charge in [-0.3, -0.25) is 4.79 Å². The Morgan fingerprint density at radius 2 is 1.75 bits per heavy atom. The molecule has 8 nitrogen and oxygen atoms in total. The Balaban J connectivity index is 2.06. The highest BCUT2D eigenvalue weighted by molar-refractivity contribution is 5.92. The van der Waals surface area contributed by atoms with Crippen molar-refractivity contribution in [1.29, 1.82) is 0 Å². The van der Waals surface area contributed by atoms with Gasteiger partial charge in [-0.25, -0.2) is 9.59 Å². The second-order valence-electron chi connectivity index (χ2n) is 6.61. The Morgan fingerprint density at radius 3 is 2.32 bits per heavy atom. The van der Waals surface area contributed by atoms with E-state index < -0.39 is 29.6 Å². The quantitative estimate of drug-likeness (QED) is 0.484. The van der Waals surface area contributed by atoms with Crippen LogP contribution < -0.4 is 10.5 Å². The van der Waals surface area contributed by atoms with Gasteiger partial charge in [0.05, 0.1) is 5.56 Å². The minimum atomic E-state index is -1.61. The average molecular weight is 387 g/mol. The maximum Gasteiger partial charge on any atom is 0.355 e. The lowest BCUT2D eigenvalue weighted by atomic mass is 10.1. The molecule has 4 N–H and O–H groups in total. The number of carboxylic acids is 1. The minimum Gasteiger partial charge on any atom is -0.504 e. The SMILES string of the molecule is CC(C)(OC(=O)c1ccccc1)C(=O)Oc1ccc(C[C@H](N)C(=O)O)cc1O. The number of aliphatic carboxylic acids is 1. The number of rotatable bonds is 7. The van der Waals surface area contributed by atoms with E-state index >= 15 is 0 Å². The van der Waals surface area contributed by atoms with E-state index in [2.05, 4.69) is 0 Å². The fourth-order valence-corrected chi connectivity index (χ4v) is 2.25. The summed E-state index contributed by atoms with van der Waals surface area (Å²) in [5.74, 6) is -3.26. The number of carbonyl (C=O) groups is 3. The van der Waals surface area contributed by atoms with Gasteiger partial charge in [-0.15, -0.1) is 0 Å². The van der Waals surface area contributed by atoms with Crippen LogP contribution >= 0.6 is 0 Å². The first-order chi connectivity index (χ1) is 13.1. The average Bonchev–Trinajstić information content (AvgIpc) is 2.64. The summed E-state index contributed by atoms with van der Waals surface area (Å²) in [6.07, 6.45) is -0.00268. The van der Waals surface area contributed by atoms with E-state index in [9.17, 15) is 19.5 Å². The summed E-state index contributed by atoms with van der Waals surface area (Å²) >= 11 is 0. The van der Waals surface area contributed by atoms with Crippen LogP contribution in [-0.4, -0.2) is 39.8 Å². The predicted octanol–water partition coefficient (Wildman–Crippen LogP) is 1.89. The van der Waals surface area contributed by atoms with Gasteiger partial charge in [-0.1, -0.05) is 24.3 Å². The molecule has 0 saturated heterocycles. The van der Waals surface area contributed by atoms with Gasteiger partial charge in [0.1, 0.15) is 6.04 Å². The second-order valence-corrected chi connectivity index (χ2v) is 6.61. The van der Waals surface area contributed by atoms with E-state index in [1.165, 1.54) is 32.0 Å². The third-order valence-electron chi connectivity index (χ3n) is 3.85. The molecular formula is C20H21NO7. The zero-order valence-corrected chi connectivity index (χ0v) is 15.4. The molecule has 0 aliphatic heterocycles. The fourth-order valence-electron chi connectivity index (χ4n) is 2.25. The zero-order valence-electron chi connectivity index (χ0n) is 15.4. The van der Waals surface area contributed by atoms with Crippen LogP contribution in [0.1, 0.15) is 29.8 Å². The molecular weight excluding hydrogens is 366 g/mol. The van der Waals surface area contributed by atoms with E-state index in [0.717, 1.165) is 0 Å². The molecule has 2 aromatic rings. The largest absolute Gasteiger partial charge is 0.504 e. The molecule has 0 fully saturated rings. The number of carboxylic acid groups (broad SMARTS) is 1. The molecule has 28 heavy (non-hydrogen) atoms. The van der Waals surface area contributed by atoms with Crippen molar-refractivity contribution in [3.05, 3.63) is 59.7 Å². The molecule has 0 aliphatic rings. The van der Waals surface area contributed by atoms with E-state index in [0.29, 0.717) is 5.56 Å². The molecule has 0 spiro atoms. The van der Waals surface area contributed by atoms with Crippen LogP contribution in [0.4, 0.5) is 0 Å². The first kappa shape index (κ1) is 20.9. The fraction of sp³-hybridized carbons (Fsp3) is 0.250. The molecule has 2 rings (SSSR count). The number of ether oxygens (including phenoxy) is 2. The number of phenolic OH excluding ortho intramolecular Hbond substituents is 1. The molecule has 0 bridgehead atoms. The third kappa shape index (κ3) is 5.31. The number of esters is 2. The van der Waals surface area contributed by atoms with Gasteiger partial charge < -0.3 is 25.4 Å². The topological polar surface area (TPSA) is 136 Å². The van der Waals surface area contributed by atoms with Gasteiger partial charge in [0.2, 0.25) is 5.60 Å². The molecule has 0 aliphatic carbocycles. The van der Waals surface area contributed by atoms with E-state index in [4.69, 9.17) is 20.3 Å². The van der Waals surface area contributed by atoms with Gasteiger partial charge in [0.15, 0.2) is 11.5 Å². The van der Waals surface area contributed by atoms with Gasteiger partial charge in [-0.2, -0.15) is 0 Å². The molecule has 0 heterocycles. The number of aromatic hydroxyl groups is 1. The summed E-state index contributed by atoms with van der Waals surface area (Å²) in [6.45, 7) is 2.74. The Labute approximate surface area is 161 Å². The number of nitrogens with two attached hydrogens (primary N) is 1. The van der Waals surface area contributed by atoms with Crippen LogP contribution in [0.3, 0.4) is 0 Å². The van der Waals surface area contributed by atoms with Crippen LogP contribution in [0.25, 0.3) is 0 Å². The smallest absolute Gasteiger partial charge is 0.355 e. The minimum absolute atomic E-state index is 0.00268. The summed E-state index contributed by atoms with van der Waals surface area (Å²) in [6, 6.07) is 11.1. The zero-order chi connectivity index (χ0) is 20.9. The van der Waals surface area contributed by atoms with Crippen molar-refractivity contribution in [2.45, 2.75) is 31.9 Å². The van der Waals surface area contributed by atoms with Crippen molar-refractivity contribution in [3.8, 4) is 11.5 Å². The van der Waals surface area contributed by atoms with Crippen LogP contribution in [0.5, 0.6) is 11.5 Å². The number of phenols is 1. The first-order valence-electron chi connectivity index (χ1n) is 8.41. The van der Waals surface area contributed by atoms with Crippen molar-refractivity contribution in [3.63, 3.8) is 0 Å². The third-order valence-corrected chi connectivity index (χ3v) is 3.85. The number of carbonyl (C=O) groups excluding carboxylic acids is 2. The van der Waals surface area contributed by atoms with E-state index in [1.807, 2.05) is 0 Å². The van der Waals surface area contributed by atoms with Crippen LogP contribution in [0.15, 0.2) is 48.5 Å². The standard InChI is InChI=1S/C20H21NO7/c1-20(2,28-18(25)13-6-4-3-5-7-13)19(26)27-16-9-8-12(11-15(16)22)10-14(21)17(23)24/h3-9,11,14,22H,10,21H2,1-2H3,(H,23,24)/t14-/m0/s1. The first-order valence-corrected chi connectivity index (χ1v) is 8.41. The summed E-state index contributed by atoms with van der Waals surface area (Å²) in [7, 11) is 0. The predicted molar refractivity (Wildman–Crippen MR) is 99.0 cm³/mol. The van der Waals surface area contributed by atoms with Crippen molar-refractivity contribution < 1.29 is 34.1 Å². The second kappa shape index (κ2) is 8.53. The molecule has 8 heteroatoms. The lowest BCUT2D eigenvalue weighted by Crippen LogP contribution is -2.40. The van der Waals surface area contributed by atoms with Gasteiger partial charge in [0, 0.05) is 0 Å². The van der Waals surface area contributed by atoms with E-state index in [-0.39, 0.29) is 23.5 Å². The van der Waals surface area contributed by atoms with Gasteiger partial charge in [-0.05, 0) is 50.1 Å². The Hall–Kier alpha value is -3.39. The summed E-state index contributed by atoms with van der Waals surface area (Å²) in [5.41, 5.74) is 4.59. The molecule has 0 radical (unpaired) electrons. The highest BCUT2D eigenvalue weighted by atomic mass is 16.6. The highest BCUT2D eigenvalue weighted by Gasteiger charge is 2.35. The summed E-state index contributed by atoms with van der Waals surface area (Å²) < 4.78 is 10.4. The molecule has 0 aromatic heterocycles. The molecule has 1 atom stereocenters. The van der Waals surface area contributed by atoms with Crippen LogP contribution in [-0.2, 0) is 20.7 Å². The molecule has 0 saturated carbocycles. The van der Waals surface area contributed by atoms with Crippen LogP contribution in [0, 0.1) is 0 Å². The van der Waals surface area contributed by atoms with E-state index in [1.54, 1.807) is 30.3 Å². The van der Waals surface area contributed by atoms with Crippen LogP contribution in [0.2, 0.25) is 0 Å². The lowest BCUT2D eigenvalue weighted by Gasteiger charge is -2.23. The van der Waals surface area contributed by atoms with Crippen molar-refractivity contribution in [2.24, 2.45) is 5.73 Å². The molecule has 148 valence electrons. The normalized spacial score (nSPS) is 12.1. The van der Waals surface area contributed by atoms with Crippen molar-refractivity contribution in [1.82, 2.24) is 0 Å². The Kier molecular flexibility index (Phi) is 6.37. The Morgan fingerprint density at radius 1 is 1.11 bits per heavy atom. The summed E-state index contributed by atoms with van der Waals surface area (Å²) in [5, 5.41) is 18.9. The van der Waals surface area contributed by atoms with Gasteiger partial charge >= 0.3 is 17.9 Å². The van der Waals surface area contributed by atoms with Crippen molar-refractivity contribution >= 4 is 17.9 Å². The lowest BCUT2D eigenvalue weighted by molar-refractivity contribution is -0.152. The van der Waals surface area contributed by atoms with Crippen molar-refractivity contribution in [2.75, 3.05) is 0 Å². The molecule has 0 unspecified atom stereocenters. The van der Waals surface area contributed by atoms with Gasteiger partial charge in [0.25, 0.3) is 0 Å². The number of hydrogen-bond donors (Lipinski definition) is 3. The molecule has 2 aromatic carbocycles. The number of benzene rings is 2. The number of hydrogen-bond acceptors (Lipinski definition) is 7. The Bertz CT molecular complexity index is 877.